The molecule has 0 spiro atoms. The first kappa shape index (κ1) is 21.3. The molecule has 138 valence electrons. The molecule has 0 saturated heterocycles. The van der Waals surface area contributed by atoms with Crippen LogP contribution in [0.15, 0.2) is 36.4 Å². The zero-order valence-corrected chi connectivity index (χ0v) is 16.5. The van der Waals surface area contributed by atoms with E-state index in [1.54, 1.807) is 0 Å². The van der Waals surface area contributed by atoms with Crippen LogP contribution in [-0.4, -0.2) is 0 Å². The minimum Gasteiger partial charge on any atom is -0.207 e. The van der Waals surface area contributed by atoms with Gasteiger partial charge in [-0.1, -0.05) is 66.2 Å². The Hall–Kier alpha value is -1.70. The lowest BCUT2D eigenvalue weighted by Crippen LogP contribution is -2.15. The average Bonchev–Trinajstić information content (AvgIpc) is 2.58. The Morgan fingerprint density at radius 3 is 2.16 bits per heavy atom. The number of hydrogen-bond donors (Lipinski definition) is 0. The first-order valence-electron chi connectivity index (χ1n) is 9.43. The molecule has 2 aromatic carbocycles. The molecule has 0 fully saturated rings. The fourth-order valence-electron chi connectivity index (χ4n) is 3.26. The Kier molecular flexibility index (Phi) is 8.28. The fraction of sp³-hybridized carbons (Fsp3) is 0.478. The van der Waals surface area contributed by atoms with Gasteiger partial charge in [-0.25, -0.2) is 8.78 Å². The van der Waals surface area contributed by atoms with Crippen molar-refractivity contribution in [1.29, 1.82) is 0 Å². The SMILES string of the molecule is CC.CCCC(C)(C)Cc1cc(CC)ccc1-c1cc(F)ccc1F. The van der Waals surface area contributed by atoms with Gasteiger partial charge in [0.1, 0.15) is 11.6 Å². The zero-order chi connectivity index (χ0) is 19.0. The van der Waals surface area contributed by atoms with E-state index in [2.05, 4.69) is 33.8 Å². The summed E-state index contributed by atoms with van der Waals surface area (Å²) in [6.07, 6.45) is 4.02. The topological polar surface area (TPSA) is 0 Å². The van der Waals surface area contributed by atoms with E-state index in [1.165, 1.54) is 23.8 Å². The minimum atomic E-state index is -0.403. The van der Waals surface area contributed by atoms with Crippen LogP contribution >= 0.6 is 0 Å². The Bertz CT molecular complexity index is 672. The van der Waals surface area contributed by atoms with E-state index in [0.29, 0.717) is 5.56 Å². The Morgan fingerprint density at radius 1 is 0.880 bits per heavy atom. The van der Waals surface area contributed by atoms with Crippen LogP contribution < -0.4 is 0 Å². The molecule has 0 saturated carbocycles. The molecule has 0 heterocycles. The molecule has 2 aromatic rings. The third kappa shape index (κ3) is 5.95. The van der Waals surface area contributed by atoms with Gasteiger partial charge in [0.15, 0.2) is 0 Å². The predicted octanol–water partition coefficient (Wildman–Crippen LogP) is 7.59. The maximum atomic E-state index is 14.2. The summed E-state index contributed by atoms with van der Waals surface area (Å²) in [5, 5.41) is 0. The summed E-state index contributed by atoms with van der Waals surface area (Å²) >= 11 is 0. The van der Waals surface area contributed by atoms with Crippen LogP contribution in [-0.2, 0) is 12.8 Å². The monoisotopic (exact) mass is 346 g/mol. The number of halogens is 2. The van der Waals surface area contributed by atoms with Gasteiger partial charge in [-0.15, -0.1) is 0 Å². The van der Waals surface area contributed by atoms with E-state index in [0.717, 1.165) is 36.8 Å². The Labute approximate surface area is 152 Å². The minimum absolute atomic E-state index is 0.139. The van der Waals surface area contributed by atoms with Gasteiger partial charge in [0.25, 0.3) is 0 Å². The summed E-state index contributed by atoms with van der Waals surface area (Å²) in [4.78, 5) is 0. The molecule has 0 radical (unpaired) electrons. The third-order valence-corrected chi connectivity index (χ3v) is 4.39. The second-order valence-electron chi connectivity index (χ2n) is 7.06. The Morgan fingerprint density at radius 2 is 1.56 bits per heavy atom. The largest absolute Gasteiger partial charge is 0.207 e. The van der Waals surface area contributed by atoms with Gasteiger partial charge >= 0.3 is 0 Å². The molecule has 0 aliphatic heterocycles. The average molecular weight is 347 g/mol. The molecule has 0 amide bonds. The van der Waals surface area contributed by atoms with Crippen LogP contribution in [0, 0.1) is 17.0 Å². The maximum absolute atomic E-state index is 14.2. The molecule has 0 unspecified atom stereocenters. The lowest BCUT2D eigenvalue weighted by atomic mass is 9.79. The van der Waals surface area contributed by atoms with E-state index >= 15 is 0 Å². The summed E-state index contributed by atoms with van der Waals surface area (Å²) in [5.74, 6) is -0.773. The van der Waals surface area contributed by atoms with Gasteiger partial charge < -0.3 is 0 Å². The molecule has 0 bridgehead atoms. The van der Waals surface area contributed by atoms with Crippen molar-refractivity contribution in [1.82, 2.24) is 0 Å². The van der Waals surface area contributed by atoms with Crippen LogP contribution in [0.1, 0.15) is 65.5 Å². The molecule has 2 rings (SSSR count). The van der Waals surface area contributed by atoms with Crippen LogP contribution in [0.4, 0.5) is 8.78 Å². The van der Waals surface area contributed by atoms with Crippen molar-refractivity contribution in [3.8, 4) is 11.1 Å². The van der Waals surface area contributed by atoms with Gasteiger partial charge in [-0.05, 0) is 59.6 Å². The highest BCUT2D eigenvalue weighted by atomic mass is 19.1. The van der Waals surface area contributed by atoms with E-state index in [-0.39, 0.29) is 11.2 Å². The van der Waals surface area contributed by atoms with Gasteiger partial charge in [0.05, 0.1) is 0 Å². The standard InChI is InChI=1S/C21H26F2.C2H6/c1-5-11-21(3,4)14-16-12-15(6-2)7-9-18(16)19-13-17(22)8-10-20(19)23;1-2/h7-10,12-13H,5-6,11,14H2,1-4H3;1-2H3. The third-order valence-electron chi connectivity index (χ3n) is 4.39. The quantitative estimate of drug-likeness (QED) is 0.505. The first-order chi connectivity index (χ1) is 11.9. The summed E-state index contributed by atoms with van der Waals surface area (Å²) in [5.41, 5.74) is 3.64. The molecule has 0 atom stereocenters. The van der Waals surface area contributed by atoms with Crippen LogP contribution in [0.25, 0.3) is 11.1 Å². The molecule has 0 aliphatic carbocycles. The molecular weight excluding hydrogens is 314 g/mol. The van der Waals surface area contributed by atoms with E-state index in [9.17, 15) is 8.78 Å². The number of hydrogen-bond acceptors (Lipinski definition) is 0. The second kappa shape index (κ2) is 9.70. The molecule has 2 heteroatoms. The first-order valence-corrected chi connectivity index (χ1v) is 9.43. The summed E-state index contributed by atoms with van der Waals surface area (Å²) in [7, 11) is 0. The van der Waals surface area contributed by atoms with Crippen LogP contribution in [0.2, 0.25) is 0 Å². The molecular formula is C23H32F2. The lowest BCUT2D eigenvalue weighted by molar-refractivity contribution is 0.329. The van der Waals surface area contributed by atoms with Gasteiger partial charge in [-0.2, -0.15) is 0 Å². The Balaban J connectivity index is 0.00000151. The zero-order valence-electron chi connectivity index (χ0n) is 16.5. The number of rotatable bonds is 6. The summed E-state index contributed by atoms with van der Waals surface area (Å²) in [6, 6.07) is 9.77. The van der Waals surface area contributed by atoms with Crippen molar-refractivity contribution in [2.24, 2.45) is 5.41 Å². The smallest absolute Gasteiger partial charge is 0.131 e. The highest BCUT2D eigenvalue weighted by molar-refractivity contribution is 5.68. The fourth-order valence-corrected chi connectivity index (χ4v) is 3.26. The maximum Gasteiger partial charge on any atom is 0.131 e. The van der Waals surface area contributed by atoms with Crippen molar-refractivity contribution in [2.45, 2.75) is 67.2 Å². The molecule has 0 nitrogen and oxygen atoms in total. The number of aryl methyl sites for hydroxylation is 1. The second-order valence-corrected chi connectivity index (χ2v) is 7.06. The highest BCUT2D eigenvalue weighted by Gasteiger charge is 2.21. The van der Waals surface area contributed by atoms with Crippen molar-refractivity contribution in [3.05, 3.63) is 59.2 Å². The predicted molar refractivity (Wildman–Crippen MR) is 105 cm³/mol. The lowest BCUT2D eigenvalue weighted by Gasteiger charge is -2.26. The van der Waals surface area contributed by atoms with Crippen molar-refractivity contribution in [3.63, 3.8) is 0 Å². The van der Waals surface area contributed by atoms with Crippen molar-refractivity contribution in [2.75, 3.05) is 0 Å². The number of benzene rings is 2. The van der Waals surface area contributed by atoms with Gasteiger partial charge in [0, 0.05) is 5.56 Å². The van der Waals surface area contributed by atoms with E-state index in [4.69, 9.17) is 0 Å². The van der Waals surface area contributed by atoms with Gasteiger partial charge in [0.2, 0.25) is 0 Å². The van der Waals surface area contributed by atoms with Crippen molar-refractivity contribution < 1.29 is 8.78 Å². The molecule has 0 aliphatic rings. The van der Waals surface area contributed by atoms with E-state index in [1.807, 2.05) is 26.0 Å². The van der Waals surface area contributed by atoms with E-state index < -0.39 is 5.82 Å². The summed E-state index contributed by atoms with van der Waals surface area (Å²) < 4.78 is 27.8. The molecule has 25 heavy (non-hydrogen) atoms. The normalized spacial score (nSPS) is 11.0. The van der Waals surface area contributed by atoms with Crippen LogP contribution in [0.5, 0.6) is 0 Å². The van der Waals surface area contributed by atoms with Crippen molar-refractivity contribution >= 4 is 0 Å². The summed E-state index contributed by atoms with van der Waals surface area (Å²) in [6.45, 7) is 12.8. The molecule has 0 aromatic heterocycles. The van der Waals surface area contributed by atoms with Gasteiger partial charge in [-0.3, -0.25) is 0 Å². The van der Waals surface area contributed by atoms with Crippen LogP contribution in [0.3, 0.4) is 0 Å². The molecule has 0 N–H and O–H groups in total. The highest BCUT2D eigenvalue weighted by Crippen LogP contribution is 2.34.